The first-order valence-electron chi connectivity index (χ1n) is 3.96. The first kappa shape index (κ1) is 9.15. The van der Waals surface area contributed by atoms with Gasteiger partial charge in [-0.3, -0.25) is 9.58 Å². The van der Waals surface area contributed by atoms with Crippen LogP contribution < -0.4 is 5.73 Å². The second-order valence-electron chi connectivity index (χ2n) is 2.88. The van der Waals surface area contributed by atoms with Crippen LogP contribution >= 0.6 is 0 Å². The van der Waals surface area contributed by atoms with Gasteiger partial charge in [0.2, 0.25) is 0 Å². The summed E-state index contributed by atoms with van der Waals surface area (Å²) in [6.45, 7) is 2.42. The molecule has 2 N–H and O–H groups in total. The van der Waals surface area contributed by atoms with Gasteiger partial charge in [0, 0.05) is 26.7 Å². The summed E-state index contributed by atoms with van der Waals surface area (Å²) in [5, 5.41) is 7.63. The number of nitrogens with zero attached hydrogens (tertiary/aromatic N) is 4. The molecule has 0 spiro atoms. The van der Waals surface area contributed by atoms with Crippen molar-refractivity contribution in [3.8, 4) is 0 Å². The summed E-state index contributed by atoms with van der Waals surface area (Å²) in [6, 6.07) is 0. The Morgan fingerprint density at radius 3 is 2.92 bits per heavy atom. The summed E-state index contributed by atoms with van der Waals surface area (Å²) in [6.07, 6.45) is 1.77. The molecule has 0 bridgehead atoms. The van der Waals surface area contributed by atoms with Crippen LogP contribution in [0.4, 0.5) is 0 Å². The lowest BCUT2D eigenvalue weighted by Crippen LogP contribution is -2.25. The van der Waals surface area contributed by atoms with Crippen molar-refractivity contribution in [2.45, 2.75) is 6.54 Å². The molecule has 0 unspecified atom stereocenters. The van der Waals surface area contributed by atoms with E-state index >= 15 is 0 Å². The van der Waals surface area contributed by atoms with Gasteiger partial charge in [0.05, 0.1) is 11.9 Å². The number of rotatable bonds is 4. The standard InChI is InChI=1S/C7H15N5/c1-11(4-3-8)6-7-5-9-10-12(7)2/h5H,3-4,6,8H2,1-2H3. The van der Waals surface area contributed by atoms with E-state index in [1.54, 1.807) is 10.9 Å². The van der Waals surface area contributed by atoms with E-state index in [4.69, 9.17) is 5.73 Å². The van der Waals surface area contributed by atoms with Crippen LogP contribution in [0.15, 0.2) is 6.20 Å². The van der Waals surface area contributed by atoms with E-state index < -0.39 is 0 Å². The Hall–Kier alpha value is -0.940. The van der Waals surface area contributed by atoms with Crippen LogP contribution in [0.3, 0.4) is 0 Å². The van der Waals surface area contributed by atoms with Gasteiger partial charge in [0.1, 0.15) is 0 Å². The maximum atomic E-state index is 5.42. The van der Waals surface area contributed by atoms with Crippen LogP contribution in [-0.4, -0.2) is 40.0 Å². The molecule has 5 nitrogen and oxygen atoms in total. The monoisotopic (exact) mass is 169 g/mol. The van der Waals surface area contributed by atoms with Crippen molar-refractivity contribution in [2.75, 3.05) is 20.1 Å². The van der Waals surface area contributed by atoms with Crippen molar-refractivity contribution < 1.29 is 0 Å². The fraction of sp³-hybridized carbons (Fsp3) is 0.714. The Kier molecular flexibility index (Phi) is 3.19. The molecule has 0 radical (unpaired) electrons. The van der Waals surface area contributed by atoms with Crippen molar-refractivity contribution in [1.29, 1.82) is 0 Å². The predicted molar refractivity (Wildman–Crippen MR) is 46.4 cm³/mol. The molecule has 0 aromatic carbocycles. The Balaban J connectivity index is 2.46. The molecule has 0 atom stereocenters. The van der Waals surface area contributed by atoms with Crippen molar-refractivity contribution >= 4 is 0 Å². The first-order valence-corrected chi connectivity index (χ1v) is 3.96. The average molecular weight is 169 g/mol. The van der Waals surface area contributed by atoms with Crippen LogP contribution in [0, 0.1) is 0 Å². The third-order valence-electron chi connectivity index (χ3n) is 1.75. The highest BCUT2D eigenvalue weighted by Crippen LogP contribution is 1.97. The molecule has 1 heterocycles. The molecule has 1 rings (SSSR count). The summed E-state index contributed by atoms with van der Waals surface area (Å²) < 4.78 is 1.77. The Bertz CT molecular complexity index is 231. The molecular weight excluding hydrogens is 154 g/mol. The van der Waals surface area contributed by atoms with Crippen LogP contribution in [-0.2, 0) is 13.6 Å². The van der Waals surface area contributed by atoms with Crippen LogP contribution in [0.25, 0.3) is 0 Å². The van der Waals surface area contributed by atoms with Crippen LogP contribution in [0.1, 0.15) is 5.69 Å². The summed E-state index contributed by atoms with van der Waals surface area (Å²) in [4.78, 5) is 2.14. The lowest BCUT2D eigenvalue weighted by Gasteiger charge is -2.14. The zero-order valence-corrected chi connectivity index (χ0v) is 7.56. The molecular formula is C7H15N5. The van der Waals surface area contributed by atoms with E-state index in [1.807, 2.05) is 14.1 Å². The SMILES string of the molecule is CN(CCN)Cc1cnnn1C. The molecule has 1 aromatic heterocycles. The van der Waals surface area contributed by atoms with E-state index in [9.17, 15) is 0 Å². The Labute approximate surface area is 72.2 Å². The van der Waals surface area contributed by atoms with E-state index in [1.165, 1.54) is 0 Å². The summed E-state index contributed by atoms with van der Waals surface area (Å²) in [5.41, 5.74) is 6.52. The second kappa shape index (κ2) is 4.18. The van der Waals surface area contributed by atoms with Gasteiger partial charge in [-0.2, -0.15) is 0 Å². The normalized spacial score (nSPS) is 11.0. The zero-order chi connectivity index (χ0) is 8.97. The summed E-state index contributed by atoms with van der Waals surface area (Å²) in [7, 11) is 3.92. The number of hydrogen-bond donors (Lipinski definition) is 1. The second-order valence-corrected chi connectivity index (χ2v) is 2.88. The largest absolute Gasteiger partial charge is 0.329 e. The van der Waals surface area contributed by atoms with E-state index in [2.05, 4.69) is 15.2 Å². The van der Waals surface area contributed by atoms with Gasteiger partial charge in [0.25, 0.3) is 0 Å². The van der Waals surface area contributed by atoms with Gasteiger partial charge in [-0.15, -0.1) is 5.10 Å². The number of nitrogens with two attached hydrogens (primary N) is 1. The summed E-state index contributed by atoms with van der Waals surface area (Å²) >= 11 is 0. The van der Waals surface area contributed by atoms with Gasteiger partial charge in [-0.25, -0.2) is 0 Å². The van der Waals surface area contributed by atoms with Gasteiger partial charge in [-0.1, -0.05) is 5.21 Å². The third-order valence-corrected chi connectivity index (χ3v) is 1.75. The average Bonchev–Trinajstić information content (AvgIpc) is 2.37. The molecule has 5 heteroatoms. The number of aryl methyl sites for hydroxylation is 1. The summed E-state index contributed by atoms with van der Waals surface area (Å²) in [5.74, 6) is 0. The fourth-order valence-electron chi connectivity index (χ4n) is 1.03. The quantitative estimate of drug-likeness (QED) is 0.641. The molecule has 0 aliphatic heterocycles. The molecule has 0 aliphatic carbocycles. The Morgan fingerprint density at radius 1 is 1.67 bits per heavy atom. The smallest absolute Gasteiger partial charge is 0.0738 e. The van der Waals surface area contributed by atoms with Gasteiger partial charge < -0.3 is 5.73 Å². The van der Waals surface area contributed by atoms with Crippen molar-refractivity contribution in [2.24, 2.45) is 12.8 Å². The fourth-order valence-corrected chi connectivity index (χ4v) is 1.03. The van der Waals surface area contributed by atoms with Crippen LogP contribution in [0.2, 0.25) is 0 Å². The van der Waals surface area contributed by atoms with Crippen molar-refractivity contribution in [3.05, 3.63) is 11.9 Å². The lowest BCUT2D eigenvalue weighted by molar-refractivity contribution is 0.326. The Morgan fingerprint density at radius 2 is 2.42 bits per heavy atom. The highest BCUT2D eigenvalue weighted by Gasteiger charge is 2.02. The zero-order valence-electron chi connectivity index (χ0n) is 7.56. The van der Waals surface area contributed by atoms with E-state index in [-0.39, 0.29) is 0 Å². The molecule has 0 amide bonds. The minimum Gasteiger partial charge on any atom is -0.329 e. The first-order chi connectivity index (χ1) is 5.74. The lowest BCUT2D eigenvalue weighted by atomic mass is 10.4. The van der Waals surface area contributed by atoms with Gasteiger partial charge in [0.15, 0.2) is 0 Å². The topological polar surface area (TPSA) is 60.0 Å². The van der Waals surface area contributed by atoms with E-state index in [0.29, 0.717) is 6.54 Å². The minimum atomic E-state index is 0.682. The maximum Gasteiger partial charge on any atom is 0.0738 e. The predicted octanol–water partition coefficient (Wildman–Crippen LogP) is -0.794. The third kappa shape index (κ3) is 2.28. The van der Waals surface area contributed by atoms with E-state index in [0.717, 1.165) is 18.8 Å². The molecule has 12 heavy (non-hydrogen) atoms. The molecule has 1 aromatic rings. The molecule has 0 aliphatic rings. The molecule has 0 saturated heterocycles. The molecule has 0 saturated carbocycles. The molecule has 0 fully saturated rings. The van der Waals surface area contributed by atoms with Crippen molar-refractivity contribution in [1.82, 2.24) is 19.9 Å². The minimum absolute atomic E-state index is 0.682. The highest BCUT2D eigenvalue weighted by atomic mass is 15.4. The number of aromatic nitrogens is 3. The highest BCUT2D eigenvalue weighted by molar-refractivity contribution is 4.92. The maximum absolute atomic E-state index is 5.42. The number of likely N-dealkylation sites (N-methyl/N-ethyl adjacent to an activating group) is 1. The van der Waals surface area contributed by atoms with Crippen LogP contribution in [0.5, 0.6) is 0 Å². The van der Waals surface area contributed by atoms with Gasteiger partial charge in [-0.05, 0) is 7.05 Å². The number of hydrogen-bond acceptors (Lipinski definition) is 4. The van der Waals surface area contributed by atoms with Gasteiger partial charge >= 0.3 is 0 Å². The molecule has 68 valence electrons. The van der Waals surface area contributed by atoms with Crippen molar-refractivity contribution in [3.63, 3.8) is 0 Å².